The number of likely N-dealkylation sites (N-methyl/N-ethyl adjacent to an activating group) is 1. The normalized spacial score (nSPS) is 17.2. The Morgan fingerprint density at radius 2 is 1.70 bits per heavy atom. The number of carbonyl (C=O) groups is 2. The molecule has 3 rings (SSSR count). The third-order valence-electron chi connectivity index (χ3n) is 4.10. The summed E-state index contributed by atoms with van der Waals surface area (Å²) in [5.74, 6) is -1.74. The van der Waals surface area contributed by atoms with Crippen molar-refractivity contribution in [1.29, 1.82) is 0 Å². The predicted octanol–water partition coefficient (Wildman–Crippen LogP) is 1.94. The van der Waals surface area contributed by atoms with E-state index in [1.54, 1.807) is 43.3 Å². The molecule has 2 aromatic carbocycles. The van der Waals surface area contributed by atoms with E-state index in [1.807, 2.05) is 0 Å². The highest BCUT2D eigenvalue weighted by molar-refractivity contribution is 7.89. The van der Waals surface area contributed by atoms with Crippen LogP contribution in [-0.2, 0) is 14.8 Å². The maximum Gasteiger partial charge on any atom is 0.265 e. The van der Waals surface area contributed by atoms with Gasteiger partial charge in [0.1, 0.15) is 12.2 Å². The average molecular weight is 386 g/mol. The first kappa shape index (κ1) is 18.7. The number of amides is 1. The van der Waals surface area contributed by atoms with Crippen LogP contribution in [0.1, 0.15) is 22.8 Å². The summed E-state index contributed by atoms with van der Waals surface area (Å²) in [6.45, 7) is 1.39. The Kier molecular flexibility index (Phi) is 5.00. The summed E-state index contributed by atoms with van der Waals surface area (Å²) in [4.78, 5) is 24.9. The molecule has 0 unspecified atom stereocenters. The van der Waals surface area contributed by atoms with Crippen molar-refractivity contribution >= 4 is 27.5 Å². The minimum Gasteiger partial charge on any atom is -0.505 e. The number of nitrogens with one attached hydrogen (secondary N) is 1. The highest BCUT2D eigenvalue weighted by atomic mass is 32.2. The third-order valence-corrected chi connectivity index (χ3v) is 5.90. The van der Waals surface area contributed by atoms with Crippen molar-refractivity contribution in [3.05, 3.63) is 71.4 Å². The standard InChI is InChI=1S/C19H18N2O5S/c1-2-20-16(22)12-21-17(18(23)13-8-4-3-5-9-13)19(24)14-10-6-7-11-15(14)27(21,25)26/h3-11,23H,2,12H2,1H3,(H,20,22). The Hall–Kier alpha value is -3.13. The molecule has 0 aliphatic carbocycles. The van der Waals surface area contributed by atoms with Crippen LogP contribution in [0.2, 0.25) is 0 Å². The molecule has 0 aromatic heterocycles. The lowest BCUT2D eigenvalue weighted by Crippen LogP contribution is -2.45. The summed E-state index contributed by atoms with van der Waals surface area (Å²) in [6.07, 6.45) is 0. The first-order valence-electron chi connectivity index (χ1n) is 8.29. The van der Waals surface area contributed by atoms with E-state index in [-0.39, 0.29) is 16.0 Å². The topological polar surface area (TPSA) is 104 Å². The van der Waals surface area contributed by atoms with Crippen molar-refractivity contribution in [2.24, 2.45) is 0 Å². The van der Waals surface area contributed by atoms with Crippen molar-refractivity contribution in [1.82, 2.24) is 9.62 Å². The predicted molar refractivity (Wildman–Crippen MR) is 99.3 cm³/mol. The number of aliphatic hydroxyl groups is 1. The Balaban J connectivity index is 2.25. The Morgan fingerprint density at radius 1 is 1.07 bits per heavy atom. The van der Waals surface area contributed by atoms with E-state index >= 15 is 0 Å². The first-order valence-corrected chi connectivity index (χ1v) is 9.73. The van der Waals surface area contributed by atoms with Crippen LogP contribution < -0.4 is 5.32 Å². The van der Waals surface area contributed by atoms with Crippen LogP contribution in [0.25, 0.3) is 5.76 Å². The third kappa shape index (κ3) is 3.31. The Labute approximate surface area is 157 Å². The number of benzene rings is 2. The number of sulfonamides is 1. The van der Waals surface area contributed by atoms with Gasteiger partial charge in [0.05, 0.1) is 4.90 Å². The van der Waals surface area contributed by atoms with Crippen LogP contribution in [0.3, 0.4) is 0 Å². The molecule has 0 spiro atoms. The molecule has 0 bridgehead atoms. The summed E-state index contributed by atoms with van der Waals surface area (Å²) in [5, 5.41) is 13.2. The molecule has 0 radical (unpaired) electrons. The van der Waals surface area contributed by atoms with Crippen LogP contribution in [-0.4, -0.2) is 42.6 Å². The van der Waals surface area contributed by atoms with Gasteiger partial charge >= 0.3 is 0 Å². The summed E-state index contributed by atoms with van der Waals surface area (Å²) >= 11 is 0. The lowest BCUT2D eigenvalue weighted by molar-refractivity contribution is -0.120. The highest BCUT2D eigenvalue weighted by Gasteiger charge is 2.42. The van der Waals surface area contributed by atoms with Gasteiger partial charge < -0.3 is 10.4 Å². The largest absolute Gasteiger partial charge is 0.505 e. The van der Waals surface area contributed by atoms with E-state index in [9.17, 15) is 23.1 Å². The molecule has 0 fully saturated rings. The fourth-order valence-electron chi connectivity index (χ4n) is 2.86. The van der Waals surface area contributed by atoms with Gasteiger partial charge in [-0.3, -0.25) is 9.59 Å². The van der Waals surface area contributed by atoms with Gasteiger partial charge in [0.25, 0.3) is 10.0 Å². The molecule has 7 nitrogen and oxygen atoms in total. The van der Waals surface area contributed by atoms with Crippen molar-refractivity contribution in [2.45, 2.75) is 11.8 Å². The maximum absolute atomic E-state index is 13.1. The molecule has 2 N–H and O–H groups in total. The van der Waals surface area contributed by atoms with Gasteiger partial charge in [0.2, 0.25) is 11.7 Å². The van der Waals surface area contributed by atoms with E-state index in [0.29, 0.717) is 10.8 Å². The van der Waals surface area contributed by atoms with E-state index in [2.05, 4.69) is 5.32 Å². The zero-order valence-corrected chi connectivity index (χ0v) is 15.4. The van der Waals surface area contributed by atoms with Gasteiger partial charge in [-0.05, 0) is 19.1 Å². The molecule has 27 heavy (non-hydrogen) atoms. The molecule has 1 heterocycles. The van der Waals surface area contributed by atoms with Crippen LogP contribution >= 0.6 is 0 Å². The molecule has 1 amide bonds. The highest BCUT2D eigenvalue weighted by Crippen LogP contribution is 2.35. The van der Waals surface area contributed by atoms with Crippen molar-refractivity contribution in [3.8, 4) is 0 Å². The summed E-state index contributed by atoms with van der Waals surface area (Å²) in [5.41, 5.74) is -0.204. The monoisotopic (exact) mass is 386 g/mol. The van der Waals surface area contributed by atoms with Crippen molar-refractivity contribution < 1.29 is 23.1 Å². The number of ketones is 1. The SMILES string of the molecule is CCNC(=O)CN1C(=C(O)c2ccccc2)C(=O)c2ccccc2S1(=O)=O. The smallest absolute Gasteiger partial charge is 0.265 e. The summed E-state index contributed by atoms with van der Waals surface area (Å²) in [7, 11) is -4.20. The number of Topliss-reactive ketones (excluding diaryl/α,β-unsaturated/α-hetero) is 1. The zero-order valence-electron chi connectivity index (χ0n) is 14.5. The van der Waals surface area contributed by atoms with Gasteiger partial charge in [0, 0.05) is 17.7 Å². The first-order chi connectivity index (χ1) is 12.9. The minimum absolute atomic E-state index is 0.0397. The lowest BCUT2D eigenvalue weighted by atomic mass is 10.0. The molecule has 140 valence electrons. The van der Waals surface area contributed by atoms with Crippen LogP contribution in [0, 0.1) is 0 Å². The number of carbonyl (C=O) groups excluding carboxylic acids is 2. The number of aliphatic hydroxyl groups excluding tert-OH is 1. The van der Waals surface area contributed by atoms with Crippen LogP contribution in [0.15, 0.2) is 65.2 Å². The van der Waals surface area contributed by atoms with Gasteiger partial charge in [-0.15, -0.1) is 0 Å². The van der Waals surface area contributed by atoms with Gasteiger partial charge in [-0.2, -0.15) is 0 Å². The fraction of sp³-hybridized carbons (Fsp3) is 0.158. The second kappa shape index (κ2) is 7.24. The maximum atomic E-state index is 13.1. The lowest BCUT2D eigenvalue weighted by Gasteiger charge is -2.31. The van der Waals surface area contributed by atoms with Gasteiger partial charge in [0.15, 0.2) is 5.76 Å². The van der Waals surface area contributed by atoms with Crippen LogP contribution in [0.4, 0.5) is 0 Å². The minimum atomic E-state index is -4.20. The van der Waals surface area contributed by atoms with E-state index < -0.39 is 39.7 Å². The fourth-order valence-corrected chi connectivity index (χ4v) is 4.49. The number of nitrogens with zero attached hydrogens (tertiary/aromatic N) is 1. The number of allylic oxidation sites excluding steroid dienone is 1. The van der Waals surface area contributed by atoms with Gasteiger partial charge in [-0.1, -0.05) is 42.5 Å². The van der Waals surface area contributed by atoms with E-state index in [4.69, 9.17) is 0 Å². The van der Waals surface area contributed by atoms with Gasteiger partial charge in [-0.25, -0.2) is 12.7 Å². The zero-order chi connectivity index (χ0) is 19.6. The molecule has 1 aliphatic rings. The summed E-state index contributed by atoms with van der Waals surface area (Å²) in [6, 6.07) is 13.9. The number of hydrogen-bond donors (Lipinski definition) is 2. The van der Waals surface area contributed by atoms with Crippen molar-refractivity contribution in [2.75, 3.05) is 13.1 Å². The van der Waals surface area contributed by atoms with Crippen LogP contribution in [0.5, 0.6) is 0 Å². The quantitative estimate of drug-likeness (QED) is 0.617. The number of fused-ring (bicyclic) bond motifs is 1. The van der Waals surface area contributed by atoms with Crippen molar-refractivity contribution in [3.63, 3.8) is 0 Å². The molecular formula is C19H18N2O5S. The molecule has 8 heteroatoms. The molecule has 0 saturated heterocycles. The molecule has 0 saturated carbocycles. The molecule has 2 aromatic rings. The summed E-state index contributed by atoms with van der Waals surface area (Å²) < 4.78 is 26.8. The second-order valence-corrected chi connectivity index (χ2v) is 7.68. The average Bonchev–Trinajstić information content (AvgIpc) is 2.67. The Bertz CT molecular complexity index is 1030. The second-order valence-electron chi connectivity index (χ2n) is 5.85. The van der Waals surface area contributed by atoms with E-state index in [1.165, 1.54) is 18.2 Å². The molecule has 1 aliphatic heterocycles. The Morgan fingerprint density at radius 3 is 2.37 bits per heavy atom. The molecule has 0 atom stereocenters. The number of hydrogen-bond acceptors (Lipinski definition) is 5. The molecular weight excluding hydrogens is 368 g/mol. The number of rotatable bonds is 4. The van der Waals surface area contributed by atoms with E-state index in [0.717, 1.165) is 0 Å².